The second-order valence-corrected chi connectivity index (χ2v) is 3.87. The minimum Gasteiger partial charge on any atom is -0.351 e. The van der Waals surface area contributed by atoms with Crippen LogP contribution in [0, 0.1) is 0 Å². The van der Waals surface area contributed by atoms with Gasteiger partial charge in [0, 0.05) is 6.54 Å². The van der Waals surface area contributed by atoms with Crippen LogP contribution in [0.15, 0.2) is 0 Å². The highest BCUT2D eigenvalue weighted by molar-refractivity contribution is 7.08. The van der Waals surface area contributed by atoms with Crippen molar-refractivity contribution in [1.29, 1.82) is 0 Å². The maximum atomic E-state index is 11.6. The van der Waals surface area contributed by atoms with Gasteiger partial charge in [0.1, 0.15) is 4.88 Å². The van der Waals surface area contributed by atoms with Crippen LogP contribution in [-0.2, 0) is 6.42 Å². The van der Waals surface area contributed by atoms with E-state index in [0.717, 1.165) is 36.6 Å². The van der Waals surface area contributed by atoms with E-state index in [-0.39, 0.29) is 18.3 Å². The number of nitrogens with one attached hydrogen (secondary N) is 2. The van der Waals surface area contributed by atoms with Crippen molar-refractivity contribution in [3.05, 3.63) is 10.6 Å². The molecule has 0 saturated carbocycles. The fourth-order valence-corrected chi connectivity index (χ4v) is 1.83. The number of aryl methyl sites for hydroxylation is 1. The minimum atomic E-state index is -0.0575. The minimum absolute atomic E-state index is 0. The first-order valence-electron chi connectivity index (χ1n) is 5.03. The molecule has 1 aromatic heterocycles. The average Bonchev–Trinajstić information content (AvgIpc) is 2.72. The maximum Gasteiger partial charge on any atom is 0.264 e. The van der Waals surface area contributed by atoms with E-state index in [9.17, 15) is 4.79 Å². The molecule has 0 aliphatic rings. The molecule has 0 saturated heterocycles. The number of rotatable bonds is 6. The molecule has 0 fully saturated rings. The summed E-state index contributed by atoms with van der Waals surface area (Å²) in [7, 11) is 1.89. The Balaban J connectivity index is 0.00000225. The van der Waals surface area contributed by atoms with Crippen LogP contribution in [0.25, 0.3) is 0 Å². The first-order valence-corrected chi connectivity index (χ1v) is 5.81. The smallest absolute Gasteiger partial charge is 0.264 e. The van der Waals surface area contributed by atoms with Crippen LogP contribution >= 0.6 is 23.9 Å². The highest BCUT2D eigenvalue weighted by Crippen LogP contribution is 2.10. The van der Waals surface area contributed by atoms with Gasteiger partial charge in [0.2, 0.25) is 0 Å². The summed E-state index contributed by atoms with van der Waals surface area (Å²) >= 11 is 1.16. The first-order chi connectivity index (χ1) is 7.29. The standard InChI is InChI=1S/C9H16N4OS.ClH/c1-3-7-8(15-13-12-7)9(14)11-6-4-5-10-2;/h10H,3-6H2,1-2H3,(H,11,14);1H. The van der Waals surface area contributed by atoms with Crippen molar-refractivity contribution in [2.45, 2.75) is 19.8 Å². The van der Waals surface area contributed by atoms with Gasteiger partial charge in [0.25, 0.3) is 5.91 Å². The molecule has 0 unspecified atom stereocenters. The summed E-state index contributed by atoms with van der Waals surface area (Å²) in [5.41, 5.74) is 0.783. The van der Waals surface area contributed by atoms with Crippen molar-refractivity contribution >= 4 is 29.8 Å². The molecule has 0 spiro atoms. The summed E-state index contributed by atoms with van der Waals surface area (Å²) in [5.74, 6) is -0.0575. The van der Waals surface area contributed by atoms with E-state index in [4.69, 9.17) is 0 Å². The Kier molecular flexibility index (Phi) is 8.05. The second kappa shape index (κ2) is 8.43. The van der Waals surface area contributed by atoms with Gasteiger partial charge < -0.3 is 10.6 Å². The van der Waals surface area contributed by atoms with Gasteiger partial charge in [-0.25, -0.2) is 0 Å². The largest absolute Gasteiger partial charge is 0.351 e. The summed E-state index contributed by atoms with van der Waals surface area (Å²) in [6, 6.07) is 0. The lowest BCUT2D eigenvalue weighted by Crippen LogP contribution is -2.26. The van der Waals surface area contributed by atoms with E-state index in [1.54, 1.807) is 0 Å². The predicted molar refractivity (Wildman–Crippen MR) is 67.4 cm³/mol. The molecule has 0 aliphatic carbocycles. The third-order valence-corrected chi connectivity index (χ3v) is 2.75. The van der Waals surface area contributed by atoms with Gasteiger partial charge >= 0.3 is 0 Å². The lowest BCUT2D eigenvalue weighted by Gasteiger charge is -2.03. The molecule has 0 aliphatic heterocycles. The van der Waals surface area contributed by atoms with Crippen molar-refractivity contribution in [2.24, 2.45) is 0 Å². The van der Waals surface area contributed by atoms with Gasteiger partial charge in [-0.05, 0) is 38.0 Å². The SMILES string of the molecule is CCc1nnsc1C(=O)NCCCNC.Cl. The molecule has 1 heterocycles. The number of nitrogens with zero attached hydrogens (tertiary/aromatic N) is 2. The zero-order chi connectivity index (χ0) is 11.1. The lowest BCUT2D eigenvalue weighted by atomic mass is 10.3. The number of aromatic nitrogens is 2. The molecule has 0 aromatic carbocycles. The Bertz CT molecular complexity index is 318. The van der Waals surface area contributed by atoms with E-state index < -0.39 is 0 Å². The van der Waals surface area contributed by atoms with Gasteiger partial charge in [0.15, 0.2) is 0 Å². The Labute approximate surface area is 106 Å². The van der Waals surface area contributed by atoms with Crippen LogP contribution in [0.5, 0.6) is 0 Å². The maximum absolute atomic E-state index is 11.6. The number of amides is 1. The topological polar surface area (TPSA) is 66.9 Å². The molecule has 0 bridgehead atoms. The van der Waals surface area contributed by atoms with Crippen LogP contribution < -0.4 is 10.6 Å². The number of halogens is 1. The third-order valence-electron chi connectivity index (χ3n) is 1.99. The monoisotopic (exact) mass is 264 g/mol. The Morgan fingerprint density at radius 3 is 2.81 bits per heavy atom. The Hall–Kier alpha value is -0.720. The first kappa shape index (κ1) is 15.3. The van der Waals surface area contributed by atoms with Crippen LogP contribution in [0.1, 0.15) is 28.7 Å². The lowest BCUT2D eigenvalue weighted by molar-refractivity contribution is 0.0956. The highest BCUT2D eigenvalue weighted by atomic mass is 35.5. The molecule has 1 aromatic rings. The van der Waals surface area contributed by atoms with Crippen LogP contribution in [0.2, 0.25) is 0 Å². The molecule has 0 atom stereocenters. The zero-order valence-electron chi connectivity index (χ0n) is 9.45. The number of carbonyl (C=O) groups is 1. The van der Waals surface area contributed by atoms with E-state index in [0.29, 0.717) is 11.4 Å². The number of hydrogen-bond donors (Lipinski definition) is 2. The molecule has 1 amide bonds. The third kappa shape index (κ3) is 4.42. The van der Waals surface area contributed by atoms with Crippen molar-refractivity contribution in [2.75, 3.05) is 20.1 Å². The van der Waals surface area contributed by atoms with E-state index in [2.05, 4.69) is 20.2 Å². The molecule has 5 nitrogen and oxygen atoms in total. The quantitative estimate of drug-likeness (QED) is 0.748. The van der Waals surface area contributed by atoms with Crippen LogP contribution in [-0.4, -0.2) is 35.6 Å². The van der Waals surface area contributed by atoms with Gasteiger partial charge in [-0.15, -0.1) is 17.5 Å². The Morgan fingerprint density at radius 2 is 2.19 bits per heavy atom. The molecular formula is C9H17ClN4OS. The summed E-state index contributed by atoms with van der Waals surface area (Å²) in [6.45, 7) is 3.55. The van der Waals surface area contributed by atoms with Gasteiger partial charge in [-0.2, -0.15) is 0 Å². The molecule has 16 heavy (non-hydrogen) atoms. The summed E-state index contributed by atoms with van der Waals surface area (Å²) in [5, 5.41) is 9.77. The molecule has 7 heteroatoms. The normalized spacial score (nSPS) is 9.62. The summed E-state index contributed by atoms with van der Waals surface area (Å²) in [6.07, 6.45) is 1.67. The Morgan fingerprint density at radius 1 is 1.44 bits per heavy atom. The molecule has 92 valence electrons. The van der Waals surface area contributed by atoms with Crippen molar-refractivity contribution < 1.29 is 4.79 Å². The molecule has 2 N–H and O–H groups in total. The van der Waals surface area contributed by atoms with Crippen molar-refractivity contribution in [1.82, 2.24) is 20.2 Å². The fraction of sp³-hybridized carbons (Fsp3) is 0.667. The average molecular weight is 265 g/mol. The summed E-state index contributed by atoms with van der Waals surface area (Å²) < 4.78 is 3.78. The van der Waals surface area contributed by atoms with Crippen LogP contribution in [0.4, 0.5) is 0 Å². The van der Waals surface area contributed by atoms with Gasteiger partial charge in [-0.3, -0.25) is 4.79 Å². The van der Waals surface area contributed by atoms with Crippen molar-refractivity contribution in [3.63, 3.8) is 0 Å². The van der Waals surface area contributed by atoms with Crippen LogP contribution in [0.3, 0.4) is 0 Å². The molecule has 1 rings (SSSR count). The fourth-order valence-electron chi connectivity index (χ4n) is 1.16. The van der Waals surface area contributed by atoms with E-state index in [1.165, 1.54) is 0 Å². The number of hydrogen-bond acceptors (Lipinski definition) is 5. The van der Waals surface area contributed by atoms with Crippen molar-refractivity contribution in [3.8, 4) is 0 Å². The second-order valence-electron chi connectivity index (χ2n) is 3.12. The van der Waals surface area contributed by atoms with Gasteiger partial charge in [-0.1, -0.05) is 11.4 Å². The summed E-state index contributed by atoms with van der Waals surface area (Å²) in [4.78, 5) is 12.3. The highest BCUT2D eigenvalue weighted by Gasteiger charge is 2.13. The predicted octanol–water partition coefficient (Wildman–Crippen LogP) is 0.862. The molecule has 0 radical (unpaired) electrons. The van der Waals surface area contributed by atoms with E-state index in [1.807, 2.05) is 14.0 Å². The number of carbonyl (C=O) groups excluding carboxylic acids is 1. The molecular weight excluding hydrogens is 248 g/mol. The van der Waals surface area contributed by atoms with E-state index >= 15 is 0 Å². The van der Waals surface area contributed by atoms with Gasteiger partial charge in [0.05, 0.1) is 5.69 Å². The zero-order valence-corrected chi connectivity index (χ0v) is 11.1.